The molecule has 3 nitrogen and oxygen atoms in total. The van der Waals surface area contributed by atoms with Gasteiger partial charge in [-0.05, 0) is 19.4 Å². The smallest absolute Gasteiger partial charge is 0.134 e. The quantitative estimate of drug-likeness (QED) is 0.589. The van der Waals surface area contributed by atoms with Crippen molar-refractivity contribution in [1.82, 2.24) is 0 Å². The van der Waals surface area contributed by atoms with E-state index in [1.54, 1.807) is 31.7 Å². The van der Waals surface area contributed by atoms with E-state index in [0.29, 0.717) is 5.57 Å². The summed E-state index contributed by atoms with van der Waals surface area (Å²) in [6.45, 7) is 5.33. The van der Waals surface area contributed by atoms with Gasteiger partial charge in [0.15, 0.2) is 0 Å². The molecule has 4 heteroatoms. The molecule has 0 radical (unpaired) electrons. The van der Waals surface area contributed by atoms with Crippen LogP contribution in [-0.4, -0.2) is 17.8 Å². The first-order chi connectivity index (χ1) is 7.08. The number of rotatable bonds is 0. The Kier molecular flexibility index (Phi) is 5.31. The van der Waals surface area contributed by atoms with Crippen molar-refractivity contribution in [3.63, 3.8) is 0 Å². The molecule has 0 amide bonds. The van der Waals surface area contributed by atoms with Crippen LogP contribution >= 0.6 is 0 Å². The van der Waals surface area contributed by atoms with Crippen molar-refractivity contribution in [1.29, 1.82) is 0 Å². The summed E-state index contributed by atoms with van der Waals surface area (Å²) < 4.78 is 0. The predicted molar refractivity (Wildman–Crippen MR) is 55.2 cm³/mol. The molecule has 1 rings (SSSR count). The fraction of sp³-hybridized carbons (Fsp3) is 0.333. The number of allylic oxidation sites excluding steroid dienone is 5. The largest absolute Gasteiger partial charge is 0.233 e. The Morgan fingerprint density at radius 2 is 1.44 bits per heavy atom. The normalized spacial score (nSPS) is 19.7. The van der Waals surface area contributed by atoms with E-state index in [9.17, 15) is 14.4 Å². The molecular formula is C12H10O3W. The van der Waals surface area contributed by atoms with Gasteiger partial charge in [0.1, 0.15) is 17.8 Å². The molecule has 1 unspecified atom stereocenters. The molecule has 1 aliphatic carbocycles. The molecule has 0 saturated heterocycles. The summed E-state index contributed by atoms with van der Waals surface area (Å²) in [7, 11) is 0. The van der Waals surface area contributed by atoms with Crippen LogP contribution in [0.1, 0.15) is 20.8 Å². The Morgan fingerprint density at radius 1 is 0.938 bits per heavy atom. The molecule has 82 valence electrons. The molecule has 0 bridgehead atoms. The minimum atomic E-state index is -0.198. The molecule has 0 aromatic carbocycles. The van der Waals surface area contributed by atoms with E-state index >= 15 is 0 Å². The Hall–Kier alpha value is -1.22. The van der Waals surface area contributed by atoms with Crippen LogP contribution in [-0.2, 0) is 35.4 Å². The molecule has 0 heterocycles. The van der Waals surface area contributed by atoms with Gasteiger partial charge in [0.05, 0.1) is 16.7 Å². The molecule has 0 aromatic heterocycles. The molecule has 0 aromatic rings. The first-order valence-electron chi connectivity index (χ1n) is 4.52. The zero-order valence-corrected chi connectivity index (χ0v) is 12.1. The Morgan fingerprint density at radius 3 is 1.81 bits per heavy atom. The molecular weight excluding hydrogens is 376 g/mol. The van der Waals surface area contributed by atoms with Crippen LogP contribution in [0.25, 0.3) is 0 Å². The summed E-state index contributed by atoms with van der Waals surface area (Å²) >= 11 is 0. The second kappa shape index (κ2) is 5.75. The Balaban J connectivity index is 0.00000225. The molecule has 1 atom stereocenters. The van der Waals surface area contributed by atoms with E-state index < -0.39 is 0 Å². The molecule has 0 N–H and O–H groups in total. The minimum Gasteiger partial charge on any atom is -0.233 e. The van der Waals surface area contributed by atoms with Crippen LogP contribution < -0.4 is 0 Å². The van der Waals surface area contributed by atoms with Crippen LogP contribution in [0.15, 0.2) is 27.9 Å². The second-order valence-electron chi connectivity index (χ2n) is 3.50. The van der Waals surface area contributed by atoms with Crippen molar-refractivity contribution in [2.45, 2.75) is 20.8 Å². The Labute approximate surface area is 108 Å². The van der Waals surface area contributed by atoms with E-state index in [0.717, 1.165) is 5.57 Å². The first-order valence-corrected chi connectivity index (χ1v) is 4.52. The van der Waals surface area contributed by atoms with Crippen LogP contribution in [0.2, 0.25) is 0 Å². The van der Waals surface area contributed by atoms with Crippen molar-refractivity contribution < 1.29 is 35.4 Å². The summed E-state index contributed by atoms with van der Waals surface area (Å²) in [6.07, 6.45) is 0. The number of carbonyl (C=O) groups excluding carboxylic acids is 3. The molecule has 0 spiro atoms. The van der Waals surface area contributed by atoms with E-state index in [2.05, 4.69) is 0 Å². The van der Waals surface area contributed by atoms with Gasteiger partial charge in [0.2, 0.25) is 0 Å². The van der Waals surface area contributed by atoms with Gasteiger partial charge in [-0.2, -0.15) is 0 Å². The Bertz CT molecular complexity index is 494. The predicted octanol–water partition coefficient (Wildman–Crippen LogP) is 1.24. The van der Waals surface area contributed by atoms with Gasteiger partial charge in [0.25, 0.3) is 0 Å². The third-order valence-corrected chi connectivity index (χ3v) is 2.88. The van der Waals surface area contributed by atoms with Crippen molar-refractivity contribution in [2.24, 2.45) is 5.92 Å². The van der Waals surface area contributed by atoms with E-state index in [4.69, 9.17) is 0 Å². The maximum atomic E-state index is 10.7. The fourth-order valence-electron chi connectivity index (χ4n) is 1.65. The van der Waals surface area contributed by atoms with Gasteiger partial charge in [0, 0.05) is 27.0 Å². The second-order valence-corrected chi connectivity index (χ2v) is 3.50. The van der Waals surface area contributed by atoms with E-state index in [1.807, 2.05) is 6.92 Å². The number of hydrogen-bond acceptors (Lipinski definition) is 3. The van der Waals surface area contributed by atoms with Gasteiger partial charge in [-0.1, -0.05) is 12.5 Å². The van der Waals surface area contributed by atoms with Crippen LogP contribution in [0.3, 0.4) is 0 Å². The molecule has 0 fully saturated rings. The van der Waals surface area contributed by atoms with Crippen LogP contribution in [0, 0.1) is 5.92 Å². The maximum absolute atomic E-state index is 10.7. The summed E-state index contributed by atoms with van der Waals surface area (Å²) in [6, 6.07) is 0. The van der Waals surface area contributed by atoms with Crippen LogP contribution in [0.5, 0.6) is 0 Å². The van der Waals surface area contributed by atoms with Gasteiger partial charge in [-0.15, -0.1) is 0 Å². The molecule has 16 heavy (non-hydrogen) atoms. The topological polar surface area (TPSA) is 51.2 Å². The summed E-state index contributed by atoms with van der Waals surface area (Å²) in [5.41, 5.74) is 1.88. The average molecular weight is 386 g/mol. The van der Waals surface area contributed by atoms with Gasteiger partial charge >= 0.3 is 0 Å². The minimum absolute atomic E-state index is 0. The maximum Gasteiger partial charge on any atom is 0.134 e. The SMILES string of the molecule is CC1=C(C)C(C)C(=C=O)C(=C=O)C1=C=O.[W]. The zero-order chi connectivity index (χ0) is 11.6. The summed E-state index contributed by atoms with van der Waals surface area (Å²) in [5, 5.41) is 0. The van der Waals surface area contributed by atoms with Gasteiger partial charge in [-0.3, -0.25) is 0 Å². The third-order valence-electron chi connectivity index (χ3n) is 2.88. The third kappa shape index (κ3) is 2.14. The van der Waals surface area contributed by atoms with Crippen molar-refractivity contribution in [3.05, 3.63) is 27.9 Å². The number of hydrogen-bond donors (Lipinski definition) is 0. The molecule has 1 aliphatic rings. The van der Waals surface area contributed by atoms with Crippen molar-refractivity contribution >= 4 is 17.8 Å². The van der Waals surface area contributed by atoms with Crippen LogP contribution in [0.4, 0.5) is 0 Å². The van der Waals surface area contributed by atoms with Crippen molar-refractivity contribution in [2.75, 3.05) is 0 Å². The average Bonchev–Trinajstić information content (AvgIpc) is 2.25. The summed E-state index contributed by atoms with van der Waals surface area (Å²) in [4.78, 5) is 32.2. The van der Waals surface area contributed by atoms with Crippen molar-refractivity contribution in [3.8, 4) is 0 Å². The van der Waals surface area contributed by atoms with E-state index in [-0.39, 0.29) is 43.7 Å². The monoisotopic (exact) mass is 386 g/mol. The molecule has 0 aliphatic heterocycles. The van der Waals surface area contributed by atoms with Gasteiger partial charge < -0.3 is 0 Å². The van der Waals surface area contributed by atoms with E-state index in [1.165, 1.54) is 0 Å². The standard InChI is InChI=1S/C12H10O3.W/c1-7-8(2)10(4-13)12(6-15)11(5-14)9(7)3;/h8H,1-3H3;. The summed E-state index contributed by atoms with van der Waals surface area (Å²) in [5.74, 6) is 4.81. The zero-order valence-electron chi connectivity index (χ0n) is 9.21. The molecule has 0 saturated carbocycles. The first kappa shape index (κ1) is 14.8. The fourth-order valence-corrected chi connectivity index (χ4v) is 1.65. The van der Waals surface area contributed by atoms with Gasteiger partial charge in [-0.25, -0.2) is 14.4 Å².